The summed E-state index contributed by atoms with van der Waals surface area (Å²) < 4.78 is 0. The summed E-state index contributed by atoms with van der Waals surface area (Å²) in [5.74, 6) is -0.00963. The highest BCUT2D eigenvalue weighted by Gasteiger charge is 2.11. The second-order valence-electron chi connectivity index (χ2n) is 2.85. The summed E-state index contributed by atoms with van der Waals surface area (Å²) in [6, 6.07) is 6.54. The van der Waals surface area contributed by atoms with E-state index in [-0.39, 0.29) is 11.7 Å². The van der Waals surface area contributed by atoms with Gasteiger partial charge in [-0.3, -0.25) is 4.79 Å². The van der Waals surface area contributed by atoms with Crippen molar-refractivity contribution >= 4 is 18.3 Å². The van der Waals surface area contributed by atoms with E-state index in [4.69, 9.17) is 5.11 Å². The monoisotopic (exact) mass is 188 g/mol. The van der Waals surface area contributed by atoms with Crippen molar-refractivity contribution in [2.24, 2.45) is 4.99 Å². The number of nitrogens with zero attached hydrogens (tertiary/aromatic N) is 1. The maximum atomic E-state index is 11.1. The zero-order chi connectivity index (χ0) is 9.97. The van der Waals surface area contributed by atoms with E-state index in [9.17, 15) is 4.79 Å². The summed E-state index contributed by atoms with van der Waals surface area (Å²) in [6.07, 6.45) is 3.01. The molecular formula is C10H8N2O2. The predicted octanol–water partition coefficient (Wildman–Crippen LogP) is 0.891. The van der Waals surface area contributed by atoms with Gasteiger partial charge in [0, 0.05) is 0 Å². The second kappa shape index (κ2) is 3.33. The smallest absolute Gasteiger partial charge is 0.275 e. The van der Waals surface area contributed by atoms with E-state index in [0.717, 1.165) is 5.56 Å². The van der Waals surface area contributed by atoms with E-state index >= 15 is 0 Å². The average Bonchev–Trinajstić information content (AvgIpc) is 2.56. The van der Waals surface area contributed by atoms with Gasteiger partial charge in [-0.1, -0.05) is 12.1 Å². The number of carbonyl (C=O) groups is 1. The number of aromatic hydroxyl groups is 1. The first-order valence-electron chi connectivity index (χ1n) is 4.10. The van der Waals surface area contributed by atoms with Crippen LogP contribution in [0, 0.1) is 0 Å². The van der Waals surface area contributed by atoms with Crippen LogP contribution in [-0.2, 0) is 4.79 Å². The molecule has 2 N–H and O–H groups in total. The lowest BCUT2D eigenvalue weighted by molar-refractivity contribution is -0.115. The molecule has 0 fully saturated rings. The number of phenolic OH excluding ortho intramolecular Hbond substituents is 1. The van der Waals surface area contributed by atoms with Crippen LogP contribution in [0.15, 0.2) is 35.0 Å². The third kappa shape index (κ3) is 1.64. The summed E-state index contributed by atoms with van der Waals surface area (Å²) in [5.41, 5.74) is 1.20. The molecule has 1 amide bonds. The maximum Gasteiger partial charge on any atom is 0.275 e. The summed E-state index contributed by atoms with van der Waals surface area (Å²) in [6.45, 7) is 0. The van der Waals surface area contributed by atoms with Gasteiger partial charge >= 0.3 is 0 Å². The Hall–Kier alpha value is -2.10. The van der Waals surface area contributed by atoms with Crippen LogP contribution in [0.2, 0.25) is 0 Å². The minimum absolute atomic E-state index is 0.200. The third-order valence-corrected chi connectivity index (χ3v) is 1.83. The van der Waals surface area contributed by atoms with Crippen LogP contribution in [0.25, 0.3) is 6.08 Å². The average molecular weight is 188 g/mol. The number of hydrogen-bond acceptors (Lipinski definition) is 3. The Labute approximate surface area is 80.6 Å². The van der Waals surface area contributed by atoms with Crippen molar-refractivity contribution < 1.29 is 9.90 Å². The van der Waals surface area contributed by atoms with Crippen LogP contribution in [0.1, 0.15) is 5.56 Å². The number of hydrogen-bond donors (Lipinski definition) is 2. The van der Waals surface area contributed by atoms with Gasteiger partial charge in [-0.05, 0) is 23.8 Å². The third-order valence-electron chi connectivity index (χ3n) is 1.83. The van der Waals surface area contributed by atoms with Gasteiger partial charge in [-0.15, -0.1) is 0 Å². The first kappa shape index (κ1) is 8.50. The zero-order valence-electron chi connectivity index (χ0n) is 7.27. The number of aliphatic imine (C=N–C) groups is 1. The lowest BCUT2D eigenvalue weighted by Crippen LogP contribution is -2.14. The van der Waals surface area contributed by atoms with Gasteiger partial charge in [0.1, 0.15) is 11.4 Å². The van der Waals surface area contributed by atoms with Gasteiger partial charge in [0.25, 0.3) is 5.91 Å². The van der Waals surface area contributed by atoms with Gasteiger partial charge in [0.15, 0.2) is 0 Å². The fraction of sp³-hybridized carbons (Fsp3) is 0. The van der Waals surface area contributed by atoms with Crippen LogP contribution < -0.4 is 5.32 Å². The topological polar surface area (TPSA) is 61.7 Å². The maximum absolute atomic E-state index is 11.1. The number of benzene rings is 1. The number of carbonyl (C=O) groups excluding carboxylic acids is 1. The van der Waals surface area contributed by atoms with E-state index < -0.39 is 0 Å². The van der Waals surface area contributed by atoms with Gasteiger partial charge < -0.3 is 10.4 Å². The SMILES string of the molecule is O=C1NC=N/C1=C/c1ccc(O)cc1. The molecule has 0 aliphatic carbocycles. The van der Waals surface area contributed by atoms with Crippen LogP contribution in [0.3, 0.4) is 0 Å². The molecule has 0 aromatic heterocycles. The summed E-state index contributed by atoms with van der Waals surface area (Å²) in [4.78, 5) is 14.9. The molecule has 1 aromatic rings. The van der Waals surface area contributed by atoms with E-state index in [1.807, 2.05) is 0 Å². The second-order valence-corrected chi connectivity index (χ2v) is 2.85. The highest BCUT2D eigenvalue weighted by atomic mass is 16.3. The molecule has 2 rings (SSSR count). The van der Waals surface area contributed by atoms with E-state index in [1.54, 1.807) is 30.3 Å². The van der Waals surface area contributed by atoms with Crippen molar-refractivity contribution in [1.29, 1.82) is 0 Å². The molecule has 4 heteroatoms. The number of phenols is 1. The van der Waals surface area contributed by atoms with Gasteiger partial charge in [0.2, 0.25) is 0 Å². The Kier molecular flexibility index (Phi) is 2.02. The van der Waals surface area contributed by atoms with Gasteiger partial charge in [-0.25, -0.2) is 4.99 Å². The van der Waals surface area contributed by atoms with Crippen LogP contribution in [0.4, 0.5) is 0 Å². The lowest BCUT2D eigenvalue weighted by Gasteiger charge is -1.95. The molecule has 1 heterocycles. The molecule has 70 valence electrons. The largest absolute Gasteiger partial charge is 0.508 e. The van der Waals surface area contributed by atoms with Crippen molar-refractivity contribution in [2.75, 3.05) is 0 Å². The quantitative estimate of drug-likeness (QED) is 0.643. The van der Waals surface area contributed by atoms with Crippen LogP contribution in [0.5, 0.6) is 5.75 Å². The Bertz CT molecular complexity index is 418. The molecule has 0 saturated heterocycles. The summed E-state index contributed by atoms with van der Waals surface area (Å²) in [5, 5.41) is 11.5. The molecule has 0 saturated carbocycles. The molecule has 0 unspecified atom stereocenters. The Balaban J connectivity index is 2.29. The first-order chi connectivity index (χ1) is 6.75. The van der Waals surface area contributed by atoms with Crippen molar-refractivity contribution in [2.45, 2.75) is 0 Å². The van der Waals surface area contributed by atoms with Gasteiger partial charge in [0.05, 0.1) is 6.34 Å². The van der Waals surface area contributed by atoms with Crippen molar-refractivity contribution in [3.8, 4) is 5.75 Å². The normalized spacial score (nSPS) is 17.4. The molecule has 1 aromatic carbocycles. The molecule has 0 bridgehead atoms. The lowest BCUT2D eigenvalue weighted by atomic mass is 10.2. The zero-order valence-corrected chi connectivity index (χ0v) is 7.27. The van der Waals surface area contributed by atoms with Crippen molar-refractivity contribution in [3.05, 3.63) is 35.5 Å². The molecule has 0 atom stereocenters. The van der Waals surface area contributed by atoms with Crippen molar-refractivity contribution in [3.63, 3.8) is 0 Å². The predicted molar refractivity (Wildman–Crippen MR) is 52.7 cm³/mol. The Morgan fingerprint density at radius 1 is 1.29 bits per heavy atom. The van der Waals surface area contributed by atoms with Crippen LogP contribution in [-0.4, -0.2) is 17.4 Å². The first-order valence-corrected chi connectivity index (χ1v) is 4.10. The Morgan fingerprint density at radius 2 is 2.00 bits per heavy atom. The molecule has 0 spiro atoms. The fourth-order valence-corrected chi connectivity index (χ4v) is 1.12. The van der Waals surface area contributed by atoms with Gasteiger partial charge in [-0.2, -0.15) is 0 Å². The molecule has 0 radical (unpaired) electrons. The van der Waals surface area contributed by atoms with E-state index in [2.05, 4.69) is 10.3 Å². The number of nitrogens with one attached hydrogen (secondary N) is 1. The fourth-order valence-electron chi connectivity index (χ4n) is 1.12. The van der Waals surface area contributed by atoms with Crippen molar-refractivity contribution in [1.82, 2.24) is 5.32 Å². The molecule has 14 heavy (non-hydrogen) atoms. The standard InChI is InChI=1S/C10H8N2O2/c13-8-3-1-7(2-4-8)5-9-10(14)12-6-11-9/h1-6,13H,(H,11,12,14)/b9-5+. The molecule has 4 nitrogen and oxygen atoms in total. The molecule has 1 aliphatic heterocycles. The minimum Gasteiger partial charge on any atom is -0.508 e. The number of rotatable bonds is 1. The van der Waals surface area contributed by atoms with E-state index in [0.29, 0.717) is 5.70 Å². The molecule has 1 aliphatic rings. The summed E-state index contributed by atoms with van der Waals surface area (Å²) in [7, 11) is 0. The Morgan fingerprint density at radius 3 is 2.57 bits per heavy atom. The summed E-state index contributed by atoms with van der Waals surface area (Å²) >= 11 is 0. The van der Waals surface area contributed by atoms with Crippen LogP contribution >= 0.6 is 0 Å². The number of amides is 1. The molecular weight excluding hydrogens is 180 g/mol. The highest BCUT2D eigenvalue weighted by Crippen LogP contribution is 2.14. The van der Waals surface area contributed by atoms with E-state index in [1.165, 1.54) is 6.34 Å². The minimum atomic E-state index is -0.210. The highest BCUT2D eigenvalue weighted by molar-refractivity contribution is 6.08.